The van der Waals surface area contributed by atoms with Gasteiger partial charge in [0.25, 0.3) is 0 Å². The molecular formula is C14H21NO2S. The minimum Gasteiger partial charge on any atom is -0.309 e. The normalized spacial score (nSPS) is 25.1. The Balaban J connectivity index is 2.54. The summed E-state index contributed by atoms with van der Waals surface area (Å²) in [5, 5.41) is 2.99. The molecule has 0 aromatic heterocycles. The topological polar surface area (TPSA) is 46.2 Å². The van der Waals surface area contributed by atoms with Crippen molar-refractivity contribution >= 4 is 9.84 Å². The van der Waals surface area contributed by atoms with E-state index in [1.54, 1.807) is 6.92 Å². The van der Waals surface area contributed by atoms with Crippen molar-refractivity contribution in [1.82, 2.24) is 5.32 Å². The summed E-state index contributed by atoms with van der Waals surface area (Å²) >= 11 is 0. The SMILES string of the molecule is CCCNC1c2cc(C)c(C)cc2S(=O)(=O)C1C. The summed E-state index contributed by atoms with van der Waals surface area (Å²) in [6.07, 6.45) is 1.00. The molecule has 1 N–H and O–H groups in total. The molecule has 0 saturated carbocycles. The predicted octanol–water partition coefficient (Wildman–Crippen LogP) is 2.52. The Kier molecular flexibility index (Phi) is 3.52. The molecule has 2 atom stereocenters. The molecule has 3 nitrogen and oxygen atoms in total. The van der Waals surface area contributed by atoms with Gasteiger partial charge < -0.3 is 5.32 Å². The summed E-state index contributed by atoms with van der Waals surface area (Å²) in [7, 11) is -3.17. The van der Waals surface area contributed by atoms with Crippen LogP contribution < -0.4 is 5.32 Å². The van der Waals surface area contributed by atoms with Crippen LogP contribution in [-0.4, -0.2) is 20.2 Å². The van der Waals surface area contributed by atoms with Gasteiger partial charge in [-0.2, -0.15) is 0 Å². The molecule has 0 spiro atoms. The third-order valence-corrected chi connectivity index (χ3v) is 6.06. The monoisotopic (exact) mass is 267 g/mol. The number of hydrogen-bond donors (Lipinski definition) is 1. The van der Waals surface area contributed by atoms with Crippen molar-refractivity contribution in [3.8, 4) is 0 Å². The third-order valence-electron chi connectivity index (χ3n) is 3.84. The maximum atomic E-state index is 12.4. The van der Waals surface area contributed by atoms with Crippen molar-refractivity contribution in [2.75, 3.05) is 6.54 Å². The minimum atomic E-state index is -3.17. The fourth-order valence-corrected chi connectivity index (χ4v) is 4.37. The molecule has 100 valence electrons. The number of aryl methyl sites for hydroxylation is 2. The van der Waals surface area contributed by atoms with E-state index in [1.807, 2.05) is 26.0 Å². The quantitative estimate of drug-likeness (QED) is 0.915. The maximum absolute atomic E-state index is 12.4. The first-order valence-corrected chi connectivity index (χ1v) is 8.02. The highest BCUT2D eigenvalue weighted by Crippen LogP contribution is 2.40. The van der Waals surface area contributed by atoms with Crippen LogP contribution in [0.2, 0.25) is 0 Å². The van der Waals surface area contributed by atoms with E-state index in [0.29, 0.717) is 4.90 Å². The second-order valence-corrected chi connectivity index (χ2v) is 7.43. The first-order chi connectivity index (χ1) is 8.39. The Morgan fingerprint density at radius 3 is 2.44 bits per heavy atom. The summed E-state index contributed by atoms with van der Waals surface area (Å²) in [4.78, 5) is 0.520. The zero-order valence-electron chi connectivity index (χ0n) is 11.4. The molecule has 0 saturated heterocycles. The van der Waals surface area contributed by atoms with Crippen LogP contribution in [0.4, 0.5) is 0 Å². The third kappa shape index (κ3) is 1.97. The molecule has 1 aliphatic heterocycles. The van der Waals surface area contributed by atoms with Crippen LogP contribution >= 0.6 is 0 Å². The molecule has 0 fully saturated rings. The molecule has 18 heavy (non-hydrogen) atoms. The Morgan fingerprint density at radius 1 is 1.22 bits per heavy atom. The Labute approximate surface area is 110 Å². The molecule has 0 aliphatic carbocycles. The average Bonchev–Trinajstić information content (AvgIpc) is 2.48. The molecule has 2 unspecified atom stereocenters. The lowest BCUT2D eigenvalue weighted by molar-refractivity contribution is 0.514. The highest BCUT2D eigenvalue weighted by molar-refractivity contribution is 7.92. The molecule has 1 heterocycles. The molecule has 0 radical (unpaired) electrons. The second kappa shape index (κ2) is 4.67. The zero-order valence-corrected chi connectivity index (χ0v) is 12.3. The molecule has 1 aromatic rings. The van der Waals surface area contributed by atoms with Gasteiger partial charge in [-0.05, 0) is 56.5 Å². The lowest BCUT2D eigenvalue weighted by Crippen LogP contribution is -2.30. The summed E-state index contributed by atoms with van der Waals surface area (Å²) < 4.78 is 24.8. The largest absolute Gasteiger partial charge is 0.309 e. The van der Waals surface area contributed by atoms with Crippen LogP contribution in [0.1, 0.15) is 43.0 Å². The summed E-state index contributed by atoms with van der Waals surface area (Å²) in [6, 6.07) is 3.78. The van der Waals surface area contributed by atoms with E-state index in [1.165, 1.54) is 0 Å². The van der Waals surface area contributed by atoms with Crippen molar-refractivity contribution in [2.24, 2.45) is 0 Å². The summed E-state index contributed by atoms with van der Waals surface area (Å²) in [6.45, 7) is 8.72. The van der Waals surface area contributed by atoms with Crippen molar-refractivity contribution in [3.05, 3.63) is 28.8 Å². The van der Waals surface area contributed by atoms with Gasteiger partial charge in [0.15, 0.2) is 9.84 Å². The fourth-order valence-electron chi connectivity index (χ4n) is 2.51. The number of benzene rings is 1. The Morgan fingerprint density at radius 2 is 1.83 bits per heavy atom. The molecule has 0 amide bonds. The lowest BCUT2D eigenvalue weighted by Gasteiger charge is -2.17. The van der Waals surface area contributed by atoms with Crippen molar-refractivity contribution < 1.29 is 8.42 Å². The van der Waals surface area contributed by atoms with E-state index in [2.05, 4.69) is 12.2 Å². The van der Waals surface area contributed by atoms with Crippen molar-refractivity contribution in [1.29, 1.82) is 0 Å². The number of sulfone groups is 1. The molecule has 1 aromatic carbocycles. The van der Waals surface area contributed by atoms with E-state index in [0.717, 1.165) is 29.7 Å². The van der Waals surface area contributed by atoms with Gasteiger partial charge in [0.2, 0.25) is 0 Å². The van der Waals surface area contributed by atoms with E-state index >= 15 is 0 Å². The van der Waals surface area contributed by atoms with Crippen LogP contribution in [0.25, 0.3) is 0 Å². The average molecular weight is 267 g/mol. The van der Waals surface area contributed by atoms with Gasteiger partial charge in [0.05, 0.1) is 16.2 Å². The van der Waals surface area contributed by atoms with Gasteiger partial charge in [0, 0.05) is 0 Å². The molecule has 1 aliphatic rings. The standard InChI is InChI=1S/C14H21NO2S/c1-5-6-15-14-11(4)18(16,17)13-8-10(3)9(2)7-12(13)14/h7-8,11,14-15H,5-6H2,1-4H3. The van der Waals surface area contributed by atoms with Gasteiger partial charge in [-0.3, -0.25) is 0 Å². The lowest BCUT2D eigenvalue weighted by atomic mass is 9.99. The van der Waals surface area contributed by atoms with Gasteiger partial charge in [-0.1, -0.05) is 13.0 Å². The van der Waals surface area contributed by atoms with Crippen LogP contribution in [0, 0.1) is 13.8 Å². The van der Waals surface area contributed by atoms with Crippen LogP contribution in [-0.2, 0) is 9.84 Å². The van der Waals surface area contributed by atoms with Gasteiger partial charge in [0.1, 0.15) is 0 Å². The van der Waals surface area contributed by atoms with Crippen molar-refractivity contribution in [3.63, 3.8) is 0 Å². The molecule has 0 bridgehead atoms. The highest BCUT2D eigenvalue weighted by atomic mass is 32.2. The van der Waals surface area contributed by atoms with Crippen LogP contribution in [0.15, 0.2) is 17.0 Å². The summed E-state index contributed by atoms with van der Waals surface area (Å²) in [5.74, 6) is 0. The Bertz CT molecular complexity index is 563. The first kappa shape index (κ1) is 13.6. The van der Waals surface area contributed by atoms with E-state index in [-0.39, 0.29) is 11.3 Å². The number of hydrogen-bond acceptors (Lipinski definition) is 3. The van der Waals surface area contributed by atoms with Crippen LogP contribution in [0.3, 0.4) is 0 Å². The number of rotatable bonds is 3. The van der Waals surface area contributed by atoms with E-state index in [9.17, 15) is 8.42 Å². The highest BCUT2D eigenvalue weighted by Gasteiger charge is 2.41. The van der Waals surface area contributed by atoms with Gasteiger partial charge >= 0.3 is 0 Å². The van der Waals surface area contributed by atoms with E-state index in [4.69, 9.17) is 0 Å². The fraction of sp³-hybridized carbons (Fsp3) is 0.571. The van der Waals surface area contributed by atoms with E-state index < -0.39 is 9.84 Å². The Hall–Kier alpha value is -0.870. The smallest absolute Gasteiger partial charge is 0.183 e. The van der Waals surface area contributed by atoms with Gasteiger partial charge in [-0.25, -0.2) is 8.42 Å². The van der Waals surface area contributed by atoms with Gasteiger partial charge in [-0.15, -0.1) is 0 Å². The maximum Gasteiger partial charge on any atom is 0.183 e. The zero-order chi connectivity index (χ0) is 13.5. The number of nitrogens with one attached hydrogen (secondary N) is 1. The second-order valence-electron chi connectivity index (χ2n) is 5.16. The number of fused-ring (bicyclic) bond motifs is 1. The van der Waals surface area contributed by atoms with Crippen molar-refractivity contribution in [2.45, 2.75) is 50.3 Å². The predicted molar refractivity (Wildman–Crippen MR) is 73.6 cm³/mol. The molecular weight excluding hydrogens is 246 g/mol. The summed E-state index contributed by atoms with van der Waals surface area (Å²) in [5.41, 5.74) is 3.14. The molecule has 4 heteroatoms. The first-order valence-electron chi connectivity index (χ1n) is 6.48. The van der Waals surface area contributed by atoms with Crippen LogP contribution in [0.5, 0.6) is 0 Å². The minimum absolute atomic E-state index is 0.0655. The molecule has 2 rings (SSSR count).